The maximum absolute atomic E-state index is 13.6. The van der Waals surface area contributed by atoms with E-state index in [4.69, 9.17) is 4.74 Å². The van der Waals surface area contributed by atoms with Gasteiger partial charge in [-0.25, -0.2) is 8.78 Å². The van der Waals surface area contributed by atoms with Gasteiger partial charge in [0.2, 0.25) is 0 Å². The number of anilines is 1. The SMILES string of the molecule is CSc1ccc(C(=O)Nc2c(F)cncc2F)cc1OC(C)C. The molecule has 1 amide bonds. The molecule has 0 saturated heterocycles. The molecule has 23 heavy (non-hydrogen) atoms. The lowest BCUT2D eigenvalue weighted by Gasteiger charge is -2.14. The number of nitrogens with zero attached hydrogens (tertiary/aromatic N) is 1. The minimum absolute atomic E-state index is 0.0608. The number of amides is 1. The van der Waals surface area contributed by atoms with Crippen molar-refractivity contribution in [2.24, 2.45) is 0 Å². The average molecular weight is 338 g/mol. The number of rotatable bonds is 5. The fourth-order valence-corrected chi connectivity index (χ4v) is 2.39. The summed E-state index contributed by atoms with van der Waals surface area (Å²) in [5.41, 5.74) is -0.278. The zero-order chi connectivity index (χ0) is 17.0. The smallest absolute Gasteiger partial charge is 0.255 e. The number of hydrogen-bond acceptors (Lipinski definition) is 4. The maximum atomic E-state index is 13.6. The molecule has 0 aliphatic heterocycles. The van der Waals surface area contributed by atoms with Crippen molar-refractivity contribution in [1.82, 2.24) is 4.98 Å². The lowest BCUT2D eigenvalue weighted by molar-refractivity contribution is 0.102. The van der Waals surface area contributed by atoms with Crippen LogP contribution in [0, 0.1) is 11.6 Å². The Morgan fingerprint density at radius 2 is 1.91 bits per heavy atom. The van der Waals surface area contributed by atoms with Crippen LogP contribution in [0.3, 0.4) is 0 Å². The first-order valence-electron chi connectivity index (χ1n) is 6.87. The number of thioether (sulfide) groups is 1. The standard InChI is InChI=1S/C16H16F2N2O2S/c1-9(2)22-13-6-10(4-5-14(13)23-3)16(21)20-15-11(17)7-19-8-12(15)18/h4-9H,1-3H3,(H,19,20,21). The molecule has 1 aromatic carbocycles. The van der Waals surface area contributed by atoms with Crippen molar-refractivity contribution in [1.29, 1.82) is 0 Å². The number of carbonyl (C=O) groups is 1. The molecule has 4 nitrogen and oxygen atoms in total. The van der Waals surface area contributed by atoms with Crippen LogP contribution in [0.2, 0.25) is 0 Å². The van der Waals surface area contributed by atoms with Crippen LogP contribution in [0.15, 0.2) is 35.5 Å². The molecule has 1 heterocycles. The Morgan fingerprint density at radius 3 is 2.48 bits per heavy atom. The largest absolute Gasteiger partial charge is 0.490 e. The second-order valence-electron chi connectivity index (χ2n) is 4.96. The summed E-state index contributed by atoms with van der Waals surface area (Å²) in [5.74, 6) is -1.94. The van der Waals surface area contributed by atoms with Gasteiger partial charge >= 0.3 is 0 Å². The van der Waals surface area contributed by atoms with Gasteiger partial charge in [0.15, 0.2) is 11.6 Å². The molecule has 0 radical (unpaired) electrons. The zero-order valence-corrected chi connectivity index (χ0v) is 13.7. The van der Waals surface area contributed by atoms with Crippen LogP contribution in [-0.4, -0.2) is 23.3 Å². The van der Waals surface area contributed by atoms with E-state index in [9.17, 15) is 13.6 Å². The van der Waals surface area contributed by atoms with E-state index in [1.54, 1.807) is 18.2 Å². The van der Waals surface area contributed by atoms with E-state index in [0.717, 1.165) is 17.3 Å². The molecule has 1 aromatic heterocycles. The topological polar surface area (TPSA) is 51.2 Å². The highest BCUT2D eigenvalue weighted by atomic mass is 32.2. The van der Waals surface area contributed by atoms with Crippen LogP contribution < -0.4 is 10.1 Å². The highest BCUT2D eigenvalue weighted by molar-refractivity contribution is 7.98. The van der Waals surface area contributed by atoms with Crippen LogP contribution in [0.5, 0.6) is 5.75 Å². The third kappa shape index (κ3) is 4.19. The fraction of sp³-hybridized carbons (Fsp3) is 0.250. The molecule has 1 N–H and O–H groups in total. The van der Waals surface area contributed by atoms with Gasteiger partial charge in [-0.05, 0) is 38.3 Å². The second-order valence-corrected chi connectivity index (χ2v) is 5.81. The molecule has 0 atom stereocenters. The molecule has 2 aromatic rings. The quantitative estimate of drug-likeness (QED) is 0.833. The molecule has 0 bridgehead atoms. The number of halogens is 2. The Kier molecular flexibility index (Phi) is 5.54. The summed E-state index contributed by atoms with van der Waals surface area (Å²) in [5, 5.41) is 2.22. The molecule has 122 valence electrons. The second kappa shape index (κ2) is 7.41. The summed E-state index contributed by atoms with van der Waals surface area (Å²) in [6, 6.07) is 4.86. The highest BCUT2D eigenvalue weighted by Gasteiger charge is 2.16. The molecule has 0 fully saturated rings. The normalized spacial score (nSPS) is 10.7. The Hall–Kier alpha value is -2.15. The van der Waals surface area contributed by atoms with Crippen molar-refractivity contribution in [3.8, 4) is 5.75 Å². The number of carbonyl (C=O) groups excluding carboxylic acids is 1. The third-order valence-corrected chi connectivity index (χ3v) is 3.66. The summed E-state index contributed by atoms with van der Waals surface area (Å²) in [7, 11) is 0. The van der Waals surface area contributed by atoms with E-state index in [0.29, 0.717) is 5.75 Å². The van der Waals surface area contributed by atoms with Gasteiger partial charge in [-0.2, -0.15) is 0 Å². The summed E-state index contributed by atoms with van der Waals surface area (Å²) < 4.78 is 32.8. The summed E-state index contributed by atoms with van der Waals surface area (Å²) in [6.45, 7) is 3.75. The van der Waals surface area contributed by atoms with Crippen molar-refractivity contribution in [3.05, 3.63) is 47.8 Å². The molecule has 0 aliphatic carbocycles. The lowest BCUT2D eigenvalue weighted by atomic mass is 10.2. The molecule has 0 unspecified atom stereocenters. The molecular weight excluding hydrogens is 322 g/mol. The minimum Gasteiger partial charge on any atom is -0.490 e. The predicted molar refractivity (Wildman–Crippen MR) is 86.1 cm³/mol. The predicted octanol–water partition coefficient (Wildman–Crippen LogP) is 4.12. The first-order chi connectivity index (χ1) is 10.9. The summed E-state index contributed by atoms with van der Waals surface area (Å²) in [4.78, 5) is 16.5. The molecule has 0 aliphatic rings. The third-order valence-electron chi connectivity index (χ3n) is 2.88. The average Bonchev–Trinajstić information content (AvgIpc) is 2.50. The molecule has 7 heteroatoms. The highest BCUT2D eigenvalue weighted by Crippen LogP contribution is 2.30. The van der Waals surface area contributed by atoms with Crippen LogP contribution >= 0.6 is 11.8 Å². The van der Waals surface area contributed by atoms with Crippen LogP contribution in [0.1, 0.15) is 24.2 Å². The van der Waals surface area contributed by atoms with E-state index in [-0.39, 0.29) is 11.7 Å². The van der Waals surface area contributed by atoms with Gasteiger partial charge in [-0.1, -0.05) is 0 Å². The molecule has 2 rings (SSSR count). The van der Waals surface area contributed by atoms with Crippen LogP contribution in [-0.2, 0) is 0 Å². The number of aromatic nitrogens is 1. The van der Waals surface area contributed by atoms with Gasteiger partial charge in [-0.15, -0.1) is 11.8 Å². The first-order valence-corrected chi connectivity index (χ1v) is 8.10. The van der Waals surface area contributed by atoms with Gasteiger partial charge < -0.3 is 10.1 Å². The monoisotopic (exact) mass is 338 g/mol. The Bertz CT molecular complexity index is 703. The zero-order valence-electron chi connectivity index (χ0n) is 12.9. The van der Waals surface area contributed by atoms with Crippen molar-refractivity contribution in [2.45, 2.75) is 24.8 Å². The van der Waals surface area contributed by atoms with E-state index in [2.05, 4.69) is 10.3 Å². The molecule has 0 saturated carbocycles. The van der Waals surface area contributed by atoms with Crippen molar-refractivity contribution < 1.29 is 18.3 Å². The van der Waals surface area contributed by atoms with E-state index in [1.807, 2.05) is 20.1 Å². The molecular formula is C16H16F2N2O2S. The van der Waals surface area contributed by atoms with Gasteiger partial charge in [0.1, 0.15) is 11.4 Å². The number of benzene rings is 1. The number of hydrogen-bond donors (Lipinski definition) is 1. The molecule has 0 spiro atoms. The van der Waals surface area contributed by atoms with E-state index in [1.165, 1.54) is 11.8 Å². The van der Waals surface area contributed by atoms with Crippen molar-refractivity contribution >= 4 is 23.4 Å². The van der Waals surface area contributed by atoms with Crippen molar-refractivity contribution in [3.63, 3.8) is 0 Å². The van der Waals surface area contributed by atoms with E-state index >= 15 is 0 Å². The Labute approximate surface area is 137 Å². The van der Waals surface area contributed by atoms with Gasteiger partial charge in [0.05, 0.1) is 18.5 Å². The van der Waals surface area contributed by atoms with Gasteiger partial charge in [0, 0.05) is 10.5 Å². The minimum atomic E-state index is -0.933. The van der Waals surface area contributed by atoms with E-state index < -0.39 is 23.2 Å². The Balaban J connectivity index is 2.29. The number of ether oxygens (including phenoxy) is 1. The van der Waals surface area contributed by atoms with Gasteiger partial charge in [-0.3, -0.25) is 9.78 Å². The number of pyridine rings is 1. The van der Waals surface area contributed by atoms with Crippen LogP contribution in [0.25, 0.3) is 0 Å². The maximum Gasteiger partial charge on any atom is 0.255 e. The lowest BCUT2D eigenvalue weighted by Crippen LogP contribution is -2.15. The Morgan fingerprint density at radius 1 is 1.26 bits per heavy atom. The number of nitrogens with one attached hydrogen (secondary N) is 1. The van der Waals surface area contributed by atoms with Gasteiger partial charge in [0.25, 0.3) is 5.91 Å². The fourth-order valence-electron chi connectivity index (χ4n) is 1.88. The first kappa shape index (κ1) is 17.2. The van der Waals surface area contributed by atoms with Crippen LogP contribution in [0.4, 0.5) is 14.5 Å². The van der Waals surface area contributed by atoms with Crippen molar-refractivity contribution in [2.75, 3.05) is 11.6 Å². The summed E-state index contributed by atoms with van der Waals surface area (Å²) in [6.07, 6.45) is 3.50. The summed E-state index contributed by atoms with van der Waals surface area (Å²) >= 11 is 1.48.